The number of rotatable bonds is 5. The van der Waals surface area contributed by atoms with E-state index in [0.717, 1.165) is 12.8 Å². The first-order valence-corrected chi connectivity index (χ1v) is 6.29. The molecular weight excluding hydrogens is 188 g/mol. The quantitative estimate of drug-likeness (QED) is 0.726. The lowest BCUT2D eigenvalue weighted by Gasteiger charge is -2.38. The number of aliphatic hydroxyl groups is 1. The highest BCUT2D eigenvalue weighted by molar-refractivity contribution is 4.92. The van der Waals surface area contributed by atoms with Gasteiger partial charge in [-0.25, -0.2) is 0 Å². The minimum atomic E-state index is 0.101. The van der Waals surface area contributed by atoms with E-state index in [2.05, 4.69) is 25.7 Å². The van der Waals surface area contributed by atoms with Crippen molar-refractivity contribution in [2.45, 2.75) is 70.6 Å². The highest BCUT2D eigenvalue weighted by atomic mass is 16.3. The summed E-state index contributed by atoms with van der Waals surface area (Å²) < 4.78 is 0. The molecule has 4 atom stereocenters. The van der Waals surface area contributed by atoms with E-state index in [0.29, 0.717) is 12.1 Å². The standard InChI is InChI=1S/C12H26N2O/c1-4-10-7-6-9(3)14(10)12(8-15)11(13)5-2/h9-12,15H,4-8,13H2,1-3H3. The van der Waals surface area contributed by atoms with Crippen LogP contribution in [0.3, 0.4) is 0 Å². The van der Waals surface area contributed by atoms with Gasteiger partial charge >= 0.3 is 0 Å². The van der Waals surface area contributed by atoms with Gasteiger partial charge in [0.2, 0.25) is 0 Å². The lowest BCUT2D eigenvalue weighted by Crippen LogP contribution is -2.53. The Kier molecular flexibility index (Phi) is 5.03. The normalized spacial score (nSPS) is 31.8. The maximum absolute atomic E-state index is 9.50. The summed E-state index contributed by atoms with van der Waals surface area (Å²) in [5.74, 6) is 0. The molecule has 0 amide bonds. The predicted octanol–water partition coefficient (Wildman–Crippen LogP) is 1.35. The van der Waals surface area contributed by atoms with Crippen LogP contribution in [-0.2, 0) is 0 Å². The second-order valence-corrected chi connectivity index (χ2v) is 4.76. The zero-order valence-electron chi connectivity index (χ0n) is 10.3. The smallest absolute Gasteiger partial charge is 0.0602 e. The molecule has 1 heterocycles. The monoisotopic (exact) mass is 214 g/mol. The third-order valence-electron chi connectivity index (χ3n) is 3.86. The number of likely N-dealkylation sites (tertiary alicyclic amines) is 1. The average molecular weight is 214 g/mol. The molecule has 3 nitrogen and oxygen atoms in total. The van der Waals surface area contributed by atoms with Gasteiger partial charge in [-0.2, -0.15) is 0 Å². The Morgan fingerprint density at radius 3 is 2.53 bits per heavy atom. The van der Waals surface area contributed by atoms with Crippen molar-refractivity contribution >= 4 is 0 Å². The Bertz CT molecular complexity index is 186. The van der Waals surface area contributed by atoms with E-state index in [4.69, 9.17) is 5.73 Å². The Balaban J connectivity index is 2.71. The van der Waals surface area contributed by atoms with Crippen molar-refractivity contribution in [1.82, 2.24) is 4.90 Å². The molecule has 1 saturated heterocycles. The topological polar surface area (TPSA) is 49.5 Å². The predicted molar refractivity (Wildman–Crippen MR) is 63.8 cm³/mol. The minimum Gasteiger partial charge on any atom is -0.395 e. The molecule has 4 unspecified atom stereocenters. The summed E-state index contributed by atoms with van der Waals surface area (Å²) in [5.41, 5.74) is 6.09. The van der Waals surface area contributed by atoms with Crippen LogP contribution in [0.25, 0.3) is 0 Å². The lowest BCUT2D eigenvalue weighted by atomic mass is 10.0. The van der Waals surface area contributed by atoms with Crippen LogP contribution in [0.4, 0.5) is 0 Å². The highest BCUT2D eigenvalue weighted by Crippen LogP contribution is 2.29. The molecule has 1 fully saturated rings. The molecule has 0 saturated carbocycles. The first-order chi connectivity index (χ1) is 7.15. The molecule has 1 aliphatic rings. The summed E-state index contributed by atoms with van der Waals surface area (Å²) in [4.78, 5) is 2.45. The van der Waals surface area contributed by atoms with Gasteiger partial charge in [-0.1, -0.05) is 13.8 Å². The Hall–Kier alpha value is -0.120. The van der Waals surface area contributed by atoms with Crippen LogP contribution in [0, 0.1) is 0 Å². The van der Waals surface area contributed by atoms with Gasteiger partial charge in [-0.15, -0.1) is 0 Å². The van der Waals surface area contributed by atoms with Crippen LogP contribution >= 0.6 is 0 Å². The van der Waals surface area contributed by atoms with E-state index in [-0.39, 0.29) is 18.7 Å². The summed E-state index contributed by atoms with van der Waals surface area (Å²) in [6.45, 7) is 6.76. The van der Waals surface area contributed by atoms with Gasteiger partial charge in [0.05, 0.1) is 6.61 Å². The van der Waals surface area contributed by atoms with E-state index in [1.807, 2.05) is 0 Å². The molecule has 0 aromatic rings. The molecule has 0 aromatic carbocycles. The molecule has 3 heteroatoms. The van der Waals surface area contributed by atoms with Crippen LogP contribution in [-0.4, -0.2) is 40.8 Å². The lowest BCUT2D eigenvalue weighted by molar-refractivity contribution is 0.0646. The number of hydrogen-bond acceptors (Lipinski definition) is 3. The minimum absolute atomic E-state index is 0.101. The van der Waals surface area contributed by atoms with Gasteiger partial charge in [-0.3, -0.25) is 4.90 Å². The van der Waals surface area contributed by atoms with Gasteiger partial charge in [0.1, 0.15) is 0 Å². The molecule has 90 valence electrons. The van der Waals surface area contributed by atoms with E-state index >= 15 is 0 Å². The van der Waals surface area contributed by atoms with Crippen LogP contribution < -0.4 is 5.73 Å². The van der Waals surface area contributed by atoms with Crippen molar-refractivity contribution in [3.05, 3.63) is 0 Å². The van der Waals surface area contributed by atoms with Gasteiger partial charge in [-0.05, 0) is 32.6 Å². The summed E-state index contributed by atoms with van der Waals surface area (Å²) >= 11 is 0. The average Bonchev–Trinajstić information content (AvgIpc) is 2.61. The summed E-state index contributed by atoms with van der Waals surface area (Å²) in [6, 6.07) is 1.45. The second kappa shape index (κ2) is 5.83. The summed E-state index contributed by atoms with van der Waals surface area (Å²) in [7, 11) is 0. The zero-order valence-corrected chi connectivity index (χ0v) is 10.3. The second-order valence-electron chi connectivity index (χ2n) is 4.76. The maximum atomic E-state index is 9.50. The van der Waals surface area contributed by atoms with Crippen LogP contribution in [0.1, 0.15) is 46.5 Å². The molecule has 0 bridgehead atoms. The molecule has 0 spiro atoms. The Morgan fingerprint density at radius 1 is 1.40 bits per heavy atom. The number of aliphatic hydroxyl groups excluding tert-OH is 1. The van der Waals surface area contributed by atoms with Gasteiger partial charge in [0.25, 0.3) is 0 Å². The number of hydrogen-bond donors (Lipinski definition) is 2. The van der Waals surface area contributed by atoms with Crippen molar-refractivity contribution in [1.29, 1.82) is 0 Å². The maximum Gasteiger partial charge on any atom is 0.0602 e. The van der Waals surface area contributed by atoms with E-state index in [1.54, 1.807) is 0 Å². The SMILES string of the molecule is CCC(N)C(CO)N1C(C)CCC1CC. The van der Waals surface area contributed by atoms with E-state index in [9.17, 15) is 5.11 Å². The van der Waals surface area contributed by atoms with Gasteiger partial charge in [0.15, 0.2) is 0 Å². The molecular formula is C12H26N2O. The van der Waals surface area contributed by atoms with Crippen molar-refractivity contribution < 1.29 is 5.11 Å². The zero-order chi connectivity index (χ0) is 11.4. The van der Waals surface area contributed by atoms with E-state index in [1.165, 1.54) is 12.8 Å². The van der Waals surface area contributed by atoms with Crippen molar-refractivity contribution in [2.24, 2.45) is 5.73 Å². The molecule has 1 aliphatic heterocycles. The number of nitrogens with two attached hydrogens (primary N) is 1. The molecule has 0 aromatic heterocycles. The van der Waals surface area contributed by atoms with Crippen molar-refractivity contribution in [3.8, 4) is 0 Å². The fourth-order valence-corrected chi connectivity index (χ4v) is 2.83. The third kappa shape index (κ3) is 2.71. The van der Waals surface area contributed by atoms with Crippen LogP contribution in [0.2, 0.25) is 0 Å². The van der Waals surface area contributed by atoms with Gasteiger partial charge < -0.3 is 10.8 Å². The van der Waals surface area contributed by atoms with Gasteiger partial charge in [0, 0.05) is 24.2 Å². The first-order valence-electron chi connectivity index (χ1n) is 6.29. The molecule has 15 heavy (non-hydrogen) atoms. The van der Waals surface area contributed by atoms with Crippen molar-refractivity contribution in [3.63, 3.8) is 0 Å². The largest absolute Gasteiger partial charge is 0.395 e. The summed E-state index contributed by atoms with van der Waals surface area (Å²) in [5, 5.41) is 9.50. The summed E-state index contributed by atoms with van der Waals surface area (Å²) in [6.07, 6.45) is 4.60. The Morgan fingerprint density at radius 2 is 2.07 bits per heavy atom. The Labute approximate surface area is 93.6 Å². The number of nitrogens with zero attached hydrogens (tertiary/aromatic N) is 1. The van der Waals surface area contributed by atoms with Crippen LogP contribution in [0.15, 0.2) is 0 Å². The fraction of sp³-hybridized carbons (Fsp3) is 1.00. The molecule has 1 rings (SSSR count). The fourth-order valence-electron chi connectivity index (χ4n) is 2.83. The first kappa shape index (κ1) is 12.9. The van der Waals surface area contributed by atoms with Crippen molar-refractivity contribution in [2.75, 3.05) is 6.61 Å². The molecule has 3 N–H and O–H groups in total. The highest BCUT2D eigenvalue weighted by Gasteiger charge is 2.36. The van der Waals surface area contributed by atoms with Crippen LogP contribution in [0.5, 0.6) is 0 Å². The molecule has 0 aliphatic carbocycles. The molecule has 0 radical (unpaired) electrons. The third-order valence-corrected chi connectivity index (χ3v) is 3.86. The van der Waals surface area contributed by atoms with E-state index < -0.39 is 0 Å².